The van der Waals surface area contributed by atoms with E-state index in [2.05, 4.69) is 16.9 Å². The maximum absolute atomic E-state index is 10.2. The van der Waals surface area contributed by atoms with Gasteiger partial charge in [0.25, 0.3) is 0 Å². The third-order valence-corrected chi connectivity index (χ3v) is 3.97. The first-order chi connectivity index (χ1) is 8.08. The summed E-state index contributed by atoms with van der Waals surface area (Å²) in [5.41, 5.74) is 3.01. The van der Waals surface area contributed by atoms with Crippen LogP contribution in [0.2, 0.25) is 0 Å². The van der Waals surface area contributed by atoms with E-state index in [0.29, 0.717) is 6.42 Å². The number of aryl methyl sites for hydroxylation is 3. The Bertz CT molecular complexity index is 502. The van der Waals surface area contributed by atoms with Crippen molar-refractivity contribution < 1.29 is 5.11 Å². The molecule has 0 aliphatic carbocycles. The van der Waals surface area contributed by atoms with Crippen molar-refractivity contribution in [2.75, 3.05) is 0 Å². The van der Waals surface area contributed by atoms with Crippen LogP contribution in [-0.2, 0) is 6.42 Å². The second-order valence-electron chi connectivity index (χ2n) is 4.20. The van der Waals surface area contributed by atoms with Crippen molar-refractivity contribution in [2.45, 2.75) is 33.3 Å². The van der Waals surface area contributed by atoms with E-state index < -0.39 is 6.10 Å². The molecule has 0 aliphatic heterocycles. The van der Waals surface area contributed by atoms with Crippen molar-refractivity contribution in [1.82, 2.24) is 9.97 Å². The average molecular weight is 248 g/mol. The molecule has 2 rings (SSSR count). The van der Waals surface area contributed by atoms with E-state index in [4.69, 9.17) is 0 Å². The van der Waals surface area contributed by atoms with Crippen molar-refractivity contribution in [2.24, 2.45) is 0 Å². The Hall–Kier alpha value is -1.26. The predicted molar refractivity (Wildman–Crippen MR) is 69.2 cm³/mol. The molecular formula is C13H16N2OS. The van der Waals surface area contributed by atoms with Crippen LogP contribution in [0.1, 0.15) is 32.8 Å². The standard InChI is InChI=1S/C13H16N2OS/c1-8-4-5-14-7-11(8)12(16)6-13-15-9(2)10(3)17-13/h4-5,7,12,16H,6H2,1-3H3. The van der Waals surface area contributed by atoms with Gasteiger partial charge < -0.3 is 5.11 Å². The van der Waals surface area contributed by atoms with Gasteiger partial charge in [-0.2, -0.15) is 0 Å². The highest BCUT2D eigenvalue weighted by atomic mass is 32.1. The van der Waals surface area contributed by atoms with Crippen molar-refractivity contribution in [3.05, 3.63) is 45.2 Å². The molecule has 0 aliphatic rings. The number of aliphatic hydroxyl groups excluding tert-OH is 1. The van der Waals surface area contributed by atoms with Crippen molar-refractivity contribution in [1.29, 1.82) is 0 Å². The second kappa shape index (κ2) is 4.94. The van der Waals surface area contributed by atoms with Crippen LogP contribution in [-0.4, -0.2) is 15.1 Å². The number of hydrogen-bond donors (Lipinski definition) is 1. The van der Waals surface area contributed by atoms with E-state index in [1.165, 1.54) is 4.88 Å². The summed E-state index contributed by atoms with van der Waals surface area (Å²) in [7, 11) is 0. The molecule has 2 aromatic rings. The first-order valence-electron chi connectivity index (χ1n) is 5.59. The van der Waals surface area contributed by atoms with E-state index in [1.807, 2.05) is 19.9 Å². The Morgan fingerprint density at radius 2 is 2.12 bits per heavy atom. The van der Waals surface area contributed by atoms with Crippen LogP contribution in [0.5, 0.6) is 0 Å². The highest BCUT2D eigenvalue weighted by molar-refractivity contribution is 7.11. The number of aliphatic hydroxyl groups is 1. The zero-order chi connectivity index (χ0) is 12.4. The van der Waals surface area contributed by atoms with Crippen LogP contribution >= 0.6 is 11.3 Å². The van der Waals surface area contributed by atoms with E-state index in [9.17, 15) is 5.11 Å². The Kier molecular flexibility index (Phi) is 3.54. The summed E-state index contributed by atoms with van der Waals surface area (Å²) in [4.78, 5) is 9.72. The normalized spacial score (nSPS) is 12.7. The molecule has 0 saturated heterocycles. The Balaban J connectivity index is 2.17. The third-order valence-electron chi connectivity index (χ3n) is 2.88. The van der Waals surface area contributed by atoms with Gasteiger partial charge in [0.05, 0.1) is 16.8 Å². The van der Waals surface area contributed by atoms with E-state index >= 15 is 0 Å². The molecule has 0 aromatic carbocycles. The monoisotopic (exact) mass is 248 g/mol. The van der Waals surface area contributed by atoms with Crippen LogP contribution in [0, 0.1) is 20.8 Å². The van der Waals surface area contributed by atoms with Gasteiger partial charge in [0.2, 0.25) is 0 Å². The molecule has 0 amide bonds. The van der Waals surface area contributed by atoms with Gasteiger partial charge in [0.15, 0.2) is 0 Å². The summed E-state index contributed by atoms with van der Waals surface area (Å²) < 4.78 is 0. The quantitative estimate of drug-likeness (QED) is 0.908. The van der Waals surface area contributed by atoms with Gasteiger partial charge >= 0.3 is 0 Å². The van der Waals surface area contributed by atoms with Gasteiger partial charge in [-0.3, -0.25) is 4.98 Å². The van der Waals surface area contributed by atoms with Gasteiger partial charge in [-0.1, -0.05) is 0 Å². The lowest BCUT2D eigenvalue weighted by atomic mass is 10.0. The lowest BCUT2D eigenvalue weighted by molar-refractivity contribution is 0.177. The first kappa shape index (κ1) is 12.2. The van der Waals surface area contributed by atoms with Crippen LogP contribution in [0.25, 0.3) is 0 Å². The summed E-state index contributed by atoms with van der Waals surface area (Å²) in [5.74, 6) is 0. The predicted octanol–water partition coefficient (Wildman–Crippen LogP) is 2.74. The zero-order valence-corrected chi connectivity index (χ0v) is 11.1. The SMILES string of the molecule is Cc1ccncc1C(O)Cc1nc(C)c(C)s1. The highest BCUT2D eigenvalue weighted by Crippen LogP contribution is 2.24. The largest absolute Gasteiger partial charge is 0.388 e. The Morgan fingerprint density at radius 1 is 1.35 bits per heavy atom. The number of aromatic nitrogens is 2. The molecule has 1 unspecified atom stereocenters. The van der Waals surface area contributed by atoms with Gasteiger partial charge in [0, 0.05) is 29.3 Å². The van der Waals surface area contributed by atoms with Gasteiger partial charge in [-0.15, -0.1) is 11.3 Å². The fourth-order valence-corrected chi connectivity index (χ4v) is 2.70. The number of pyridine rings is 1. The Morgan fingerprint density at radius 3 is 2.71 bits per heavy atom. The van der Waals surface area contributed by atoms with E-state index in [0.717, 1.165) is 21.8 Å². The summed E-state index contributed by atoms with van der Waals surface area (Å²) in [6.45, 7) is 6.04. The second-order valence-corrected chi connectivity index (χ2v) is 5.49. The summed E-state index contributed by atoms with van der Waals surface area (Å²) in [5, 5.41) is 11.2. The maximum atomic E-state index is 10.2. The molecular weight excluding hydrogens is 232 g/mol. The summed E-state index contributed by atoms with van der Waals surface area (Å²) in [6, 6.07) is 1.91. The number of rotatable bonds is 3. The molecule has 0 fully saturated rings. The minimum atomic E-state index is -0.520. The molecule has 0 saturated carbocycles. The fourth-order valence-electron chi connectivity index (χ4n) is 1.73. The van der Waals surface area contributed by atoms with E-state index in [-0.39, 0.29) is 0 Å². The molecule has 90 valence electrons. The molecule has 2 aromatic heterocycles. The van der Waals surface area contributed by atoms with Crippen molar-refractivity contribution in [3.8, 4) is 0 Å². The van der Waals surface area contributed by atoms with Gasteiger partial charge in [-0.05, 0) is 32.4 Å². The fraction of sp³-hybridized carbons (Fsp3) is 0.385. The minimum absolute atomic E-state index is 0.520. The topological polar surface area (TPSA) is 46.0 Å². The molecule has 2 heterocycles. The van der Waals surface area contributed by atoms with Crippen LogP contribution in [0.4, 0.5) is 0 Å². The smallest absolute Gasteiger partial charge is 0.0960 e. The molecule has 3 nitrogen and oxygen atoms in total. The maximum Gasteiger partial charge on any atom is 0.0960 e. The Labute approximate surface area is 105 Å². The summed E-state index contributed by atoms with van der Waals surface area (Å²) >= 11 is 1.65. The molecule has 1 atom stereocenters. The third kappa shape index (κ3) is 2.70. The molecule has 4 heteroatoms. The molecule has 0 radical (unpaired) electrons. The van der Waals surface area contributed by atoms with Gasteiger partial charge in [0.1, 0.15) is 0 Å². The van der Waals surface area contributed by atoms with E-state index in [1.54, 1.807) is 23.7 Å². The molecule has 17 heavy (non-hydrogen) atoms. The first-order valence-corrected chi connectivity index (χ1v) is 6.41. The number of hydrogen-bond acceptors (Lipinski definition) is 4. The zero-order valence-electron chi connectivity index (χ0n) is 10.3. The molecule has 0 spiro atoms. The van der Waals surface area contributed by atoms with Crippen LogP contribution in [0.15, 0.2) is 18.5 Å². The van der Waals surface area contributed by atoms with Crippen molar-refractivity contribution >= 4 is 11.3 Å². The highest BCUT2D eigenvalue weighted by Gasteiger charge is 2.14. The van der Waals surface area contributed by atoms with Crippen LogP contribution < -0.4 is 0 Å². The van der Waals surface area contributed by atoms with Crippen LogP contribution in [0.3, 0.4) is 0 Å². The minimum Gasteiger partial charge on any atom is -0.388 e. The molecule has 1 N–H and O–H groups in total. The lowest BCUT2D eigenvalue weighted by Gasteiger charge is -2.11. The number of thiazole rings is 1. The average Bonchev–Trinajstić information content (AvgIpc) is 2.58. The van der Waals surface area contributed by atoms with Gasteiger partial charge in [-0.25, -0.2) is 4.98 Å². The summed E-state index contributed by atoms with van der Waals surface area (Å²) in [6.07, 6.45) is 3.51. The molecule has 0 bridgehead atoms. The van der Waals surface area contributed by atoms with Crippen molar-refractivity contribution in [3.63, 3.8) is 0 Å². The lowest BCUT2D eigenvalue weighted by Crippen LogP contribution is -2.04. The number of nitrogens with zero attached hydrogens (tertiary/aromatic N) is 2.